The van der Waals surface area contributed by atoms with Crippen LogP contribution in [0.25, 0.3) is 0 Å². The highest BCUT2D eigenvalue weighted by molar-refractivity contribution is 5.78. The van der Waals surface area contributed by atoms with E-state index in [1.807, 2.05) is 13.0 Å². The van der Waals surface area contributed by atoms with E-state index < -0.39 is 0 Å². The minimum absolute atomic E-state index is 0.153. The van der Waals surface area contributed by atoms with Crippen molar-refractivity contribution in [1.29, 1.82) is 5.41 Å². The molecular formula is C12H16FN3. The van der Waals surface area contributed by atoms with Gasteiger partial charge in [0.1, 0.15) is 5.82 Å². The largest absolute Gasteiger partial charge is 0.388 e. The lowest BCUT2D eigenvalue weighted by Gasteiger charge is -2.26. The van der Waals surface area contributed by atoms with Crippen LogP contribution in [0.5, 0.6) is 0 Å². The molecule has 1 aliphatic heterocycles. The highest BCUT2D eigenvalue weighted by Gasteiger charge is 2.23. The fourth-order valence-electron chi connectivity index (χ4n) is 2.26. The number of rotatable bonds is 3. The van der Waals surface area contributed by atoms with Gasteiger partial charge in [0.15, 0.2) is 0 Å². The topological polar surface area (TPSA) is 53.1 Å². The SMILES string of the molecule is CC(CC(=N)N)N1CCc2ccc(F)cc21. The van der Waals surface area contributed by atoms with Crippen molar-refractivity contribution >= 4 is 11.5 Å². The van der Waals surface area contributed by atoms with Crippen LogP contribution in [0.4, 0.5) is 10.1 Å². The normalized spacial score (nSPS) is 16.0. The number of benzene rings is 1. The third kappa shape index (κ3) is 2.01. The Morgan fingerprint density at radius 1 is 1.62 bits per heavy atom. The zero-order valence-corrected chi connectivity index (χ0v) is 9.33. The molecule has 1 aromatic rings. The maximum absolute atomic E-state index is 13.2. The standard InChI is InChI=1S/C12H16FN3/c1-8(6-12(14)15)16-5-4-9-2-3-10(13)7-11(9)16/h2-3,7-8H,4-6H2,1H3,(H3,14,15). The van der Waals surface area contributed by atoms with E-state index in [2.05, 4.69) is 4.90 Å². The van der Waals surface area contributed by atoms with Crippen LogP contribution >= 0.6 is 0 Å². The van der Waals surface area contributed by atoms with E-state index in [0.717, 1.165) is 18.7 Å². The number of hydrogen-bond acceptors (Lipinski definition) is 2. The molecule has 0 bridgehead atoms. The van der Waals surface area contributed by atoms with E-state index in [-0.39, 0.29) is 17.7 Å². The Morgan fingerprint density at radius 3 is 3.06 bits per heavy atom. The average Bonchev–Trinajstić information content (AvgIpc) is 2.59. The summed E-state index contributed by atoms with van der Waals surface area (Å²) in [5.74, 6) is -0.0296. The minimum atomic E-state index is -0.208. The van der Waals surface area contributed by atoms with Crippen molar-refractivity contribution in [3.63, 3.8) is 0 Å². The number of halogens is 1. The highest BCUT2D eigenvalue weighted by atomic mass is 19.1. The minimum Gasteiger partial charge on any atom is -0.388 e. The Kier molecular flexibility index (Phi) is 2.81. The van der Waals surface area contributed by atoms with Gasteiger partial charge in [-0.15, -0.1) is 0 Å². The Hall–Kier alpha value is -1.58. The van der Waals surface area contributed by atoms with E-state index in [9.17, 15) is 4.39 Å². The first-order valence-electron chi connectivity index (χ1n) is 5.46. The summed E-state index contributed by atoms with van der Waals surface area (Å²) in [5, 5.41) is 7.29. The van der Waals surface area contributed by atoms with Gasteiger partial charge < -0.3 is 10.6 Å². The van der Waals surface area contributed by atoms with E-state index in [1.54, 1.807) is 6.07 Å². The van der Waals surface area contributed by atoms with E-state index in [1.165, 1.54) is 11.6 Å². The first-order valence-corrected chi connectivity index (χ1v) is 5.46. The molecule has 0 saturated heterocycles. The predicted molar refractivity (Wildman–Crippen MR) is 63.4 cm³/mol. The molecule has 3 nitrogen and oxygen atoms in total. The van der Waals surface area contributed by atoms with E-state index in [0.29, 0.717) is 6.42 Å². The summed E-state index contributed by atoms with van der Waals surface area (Å²) in [6, 6.07) is 5.06. The van der Waals surface area contributed by atoms with Crippen LogP contribution in [0.15, 0.2) is 18.2 Å². The molecule has 4 heteroatoms. The van der Waals surface area contributed by atoms with Gasteiger partial charge in [-0.3, -0.25) is 5.41 Å². The van der Waals surface area contributed by atoms with Gasteiger partial charge >= 0.3 is 0 Å². The van der Waals surface area contributed by atoms with Gasteiger partial charge in [-0.05, 0) is 31.0 Å². The molecule has 0 fully saturated rings. The average molecular weight is 221 g/mol. The van der Waals surface area contributed by atoms with Crippen LogP contribution in [-0.4, -0.2) is 18.4 Å². The molecule has 3 N–H and O–H groups in total. The van der Waals surface area contributed by atoms with Crippen LogP contribution in [0.1, 0.15) is 18.9 Å². The molecule has 1 aromatic carbocycles. The first-order chi connectivity index (χ1) is 7.58. The number of hydrogen-bond donors (Lipinski definition) is 2. The fraction of sp³-hybridized carbons (Fsp3) is 0.417. The van der Waals surface area contributed by atoms with Gasteiger partial charge in [-0.1, -0.05) is 6.07 Å². The van der Waals surface area contributed by atoms with Crippen molar-refractivity contribution in [2.24, 2.45) is 5.73 Å². The number of fused-ring (bicyclic) bond motifs is 1. The van der Waals surface area contributed by atoms with Gasteiger partial charge in [0.05, 0.1) is 5.84 Å². The lowest BCUT2D eigenvalue weighted by molar-refractivity contribution is 0.624. The summed E-state index contributed by atoms with van der Waals surface area (Å²) < 4.78 is 13.2. The second kappa shape index (κ2) is 4.12. The molecule has 0 aromatic heterocycles. The zero-order chi connectivity index (χ0) is 11.7. The Bertz CT molecular complexity index is 417. The van der Waals surface area contributed by atoms with Gasteiger partial charge in [-0.2, -0.15) is 0 Å². The van der Waals surface area contributed by atoms with Crippen molar-refractivity contribution in [3.8, 4) is 0 Å². The summed E-state index contributed by atoms with van der Waals surface area (Å²) >= 11 is 0. The predicted octanol–water partition coefficient (Wildman–Crippen LogP) is 1.90. The molecule has 1 aliphatic rings. The van der Waals surface area contributed by atoms with Crippen molar-refractivity contribution in [1.82, 2.24) is 0 Å². The maximum Gasteiger partial charge on any atom is 0.125 e. The molecule has 1 atom stereocenters. The molecule has 2 rings (SSSR count). The monoisotopic (exact) mass is 221 g/mol. The van der Waals surface area contributed by atoms with Gasteiger partial charge in [0, 0.05) is 24.7 Å². The second-order valence-electron chi connectivity index (χ2n) is 4.29. The zero-order valence-electron chi connectivity index (χ0n) is 9.33. The molecule has 1 heterocycles. The molecule has 86 valence electrons. The van der Waals surface area contributed by atoms with Crippen LogP contribution in [0.3, 0.4) is 0 Å². The molecule has 0 saturated carbocycles. The van der Waals surface area contributed by atoms with Crippen LogP contribution in [-0.2, 0) is 6.42 Å². The molecule has 1 unspecified atom stereocenters. The summed E-state index contributed by atoms with van der Waals surface area (Å²) in [7, 11) is 0. The summed E-state index contributed by atoms with van der Waals surface area (Å²) in [4.78, 5) is 2.12. The Balaban J connectivity index is 2.22. The summed E-state index contributed by atoms with van der Waals surface area (Å²) in [6.45, 7) is 2.90. The summed E-state index contributed by atoms with van der Waals surface area (Å²) in [5.41, 5.74) is 7.52. The first kappa shape index (κ1) is 10.9. The van der Waals surface area contributed by atoms with Gasteiger partial charge in [-0.25, -0.2) is 4.39 Å². The van der Waals surface area contributed by atoms with Gasteiger partial charge in [0.25, 0.3) is 0 Å². The molecule has 0 spiro atoms. The maximum atomic E-state index is 13.2. The Morgan fingerprint density at radius 2 is 2.38 bits per heavy atom. The van der Waals surface area contributed by atoms with Crippen molar-refractivity contribution in [2.75, 3.05) is 11.4 Å². The fourth-order valence-corrected chi connectivity index (χ4v) is 2.26. The highest BCUT2D eigenvalue weighted by Crippen LogP contribution is 2.30. The molecule has 16 heavy (non-hydrogen) atoms. The number of nitrogens with one attached hydrogen (secondary N) is 1. The number of nitrogens with zero attached hydrogens (tertiary/aromatic N) is 1. The number of amidine groups is 1. The molecule has 0 aliphatic carbocycles. The third-order valence-electron chi connectivity index (χ3n) is 3.03. The second-order valence-corrected chi connectivity index (χ2v) is 4.29. The number of nitrogens with two attached hydrogens (primary N) is 1. The van der Waals surface area contributed by atoms with Gasteiger partial charge in [0.2, 0.25) is 0 Å². The lowest BCUT2D eigenvalue weighted by Crippen LogP contribution is -2.34. The smallest absolute Gasteiger partial charge is 0.125 e. The van der Waals surface area contributed by atoms with Crippen molar-refractivity contribution < 1.29 is 4.39 Å². The van der Waals surface area contributed by atoms with Crippen molar-refractivity contribution in [2.45, 2.75) is 25.8 Å². The van der Waals surface area contributed by atoms with Crippen LogP contribution in [0, 0.1) is 11.2 Å². The summed E-state index contributed by atoms with van der Waals surface area (Å²) in [6.07, 6.45) is 1.47. The van der Waals surface area contributed by atoms with E-state index in [4.69, 9.17) is 11.1 Å². The van der Waals surface area contributed by atoms with Crippen LogP contribution in [0.2, 0.25) is 0 Å². The third-order valence-corrected chi connectivity index (χ3v) is 3.03. The van der Waals surface area contributed by atoms with Crippen molar-refractivity contribution in [3.05, 3.63) is 29.6 Å². The number of anilines is 1. The van der Waals surface area contributed by atoms with Crippen LogP contribution < -0.4 is 10.6 Å². The molecular weight excluding hydrogens is 205 g/mol. The molecule has 0 amide bonds. The lowest BCUT2D eigenvalue weighted by atomic mass is 10.1. The Labute approximate surface area is 94.6 Å². The molecule has 0 radical (unpaired) electrons. The quantitative estimate of drug-likeness (QED) is 0.605. The van der Waals surface area contributed by atoms with E-state index >= 15 is 0 Å².